The van der Waals surface area contributed by atoms with Gasteiger partial charge in [-0.25, -0.2) is 4.79 Å². The molecule has 1 aromatic rings. The lowest BCUT2D eigenvalue weighted by Gasteiger charge is -2.28. The average molecular weight is 234 g/mol. The molecular weight excluding hydrogens is 216 g/mol. The van der Waals surface area contributed by atoms with E-state index in [2.05, 4.69) is 11.0 Å². The molecule has 1 aromatic heterocycles. The van der Waals surface area contributed by atoms with Gasteiger partial charge in [0, 0.05) is 19.7 Å². The molecule has 0 fully saturated rings. The lowest BCUT2D eigenvalue weighted by molar-refractivity contribution is -0.000549. The van der Waals surface area contributed by atoms with Crippen LogP contribution in [-0.4, -0.2) is 21.9 Å². The third kappa shape index (κ3) is 3.63. The van der Waals surface area contributed by atoms with Gasteiger partial charge in [-0.05, 0) is 5.41 Å². The normalized spacial score (nSPS) is 12.9. The smallest absolute Gasteiger partial charge is 0.341 e. The molecule has 4 nitrogen and oxygen atoms in total. The number of hydrogen-bond acceptors (Lipinski definition) is 3. The van der Waals surface area contributed by atoms with Crippen LogP contribution in [-0.2, 0) is 11.8 Å². The number of carbonyl (C=O) groups is 1. The van der Waals surface area contributed by atoms with Crippen LogP contribution < -0.4 is 0 Å². The molecule has 1 rings (SSSR count). The van der Waals surface area contributed by atoms with Gasteiger partial charge < -0.3 is 4.74 Å². The maximum Gasteiger partial charge on any atom is 0.341 e. The van der Waals surface area contributed by atoms with Crippen molar-refractivity contribution in [2.24, 2.45) is 12.5 Å². The number of aromatic nitrogens is 2. The minimum atomic E-state index is -0.381. The number of esters is 1. The van der Waals surface area contributed by atoms with Crippen molar-refractivity contribution in [1.82, 2.24) is 9.78 Å². The highest BCUT2D eigenvalue weighted by molar-refractivity contribution is 5.88. The molecule has 0 aliphatic carbocycles. The molecule has 17 heavy (non-hydrogen) atoms. The molecule has 0 aliphatic heterocycles. The second-order valence-corrected chi connectivity index (χ2v) is 5.07. The van der Waals surface area contributed by atoms with Crippen LogP contribution >= 0.6 is 0 Å². The third-order valence-electron chi connectivity index (χ3n) is 2.46. The van der Waals surface area contributed by atoms with Gasteiger partial charge >= 0.3 is 5.97 Å². The summed E-state index contributed by atoms with van der Waals surface area (Å²) in [7, 11) is 1.75. The maximum absolute atomic E-state index is 11.8. The van der Waals surface area contributed by atoms with Crippen LogP contribution in [0, 0.1) is 17.8 Å². The van der Waals surface area contributed by atoms with Gasteiger partial charge in [-0.3, -0.25) is 4.68 Å². The van der Waals surface area contributed by atoms with Crippen molar-refractivity contribution in [2.45, 2.75) is 33.3 Å². The number of aryl methyl sites for hydroxylation is 1. The Bertz CT molecular complexity index is 435. The Morgan fingerprint density at radius 3 is 2.71 bits per heavy atom. The van der Waals surface area contributed by atoms with Gasteiger partial charge in [-0.15, -0.1) is 12.3 Å². The summed E-state index contributed by atoms with van der Waals surface area (Å²) in [5.74, 6) is 2.16. The third-order valence-corrected chi connectivity index (χ3v) is 2.46. The summed E-state index contributed by atoms with van der Waals surface area (Å²) in [6.07, 6.45) is 8.51. The molecule has 1 heterocycles. The first-order valence-electron chi connectivity index (χ1n) is 5.47. The summed E-state index contributed by atoms with van der Waals surface area (Å²) in [5, 5.41) is 3.93. The van der Waals surface area contributed by atoms with Crippen molar-refractivity contribution in [1.29, 1.82) is 0 Å². The molecule has 0 spiro atoms. The van der Waals surface area contributed by atoms with E-state index in [0.717, 1.165) is 0 Å². The summed E-state index contributed by atoms with van der Waals surface area (Å²) < 4.78 is 6.98. The predicted octanol–water partition coefficient (Wildman–Crippen LogP) is 2.01. The zero-order valence-corrected chi connectivity index (χ0v) is 10.7. The predicted molar refractivity (Wildman–Crippen MR) is 65.3 cm³/mol. The molecule has 0 amide bonds. The number of hydrogen-bond donors (Lipinski definition) is 0. The van der Waals surface area contributed by atoms with Crippen LogP contribution in [0.5, 0.6) is 0 Å². The largest absolute Gasteiger partial charge is 0.457 e. The summed E-state index contributed by atoms with van der Waals surface area (Å²) in [6, 6.07) is 0. The van der Waals surface area contributed by atoms with E-state index in [0.29, 0.717) is 12.0 Å². The van der Waals surface area contributed by atoms with E-state index in [1.807, 2.05) is 20.8 Å². The molecule has 1 atom stereocenters. The highest BCUT2D eigenvalue weighted by atomic mass is 16.5. The molecule has 0 bridgehead atoms. The molecule has 0 aliphatic rings. The minimum absolute atomic E-state index is 0.176. The second kappa shape index (κ2) is 5.05. The van der Waals surface area contributed by atoms with E-state index in [-0.39, 0.29) is 17.5 Å². The van der Waals surface area contributed by atoms with Gasteiger partial charge in [0.25, 0.3) is 0 Å². The summed E-state index contributed by atoms with van der Waals surface area (Å²) >= 11 is 0. The van der Waals surface area contributed by atoms with Gasteiger partial charge in [-0.2, -0.15) is 5.10 Å². The fourth-order valence-corrected chi connectivity index (χ4v) is 1.36. The van der Waals surface area contributed by atoms with Crippen LogP contribution in [0.1, 0.15) is 37.6 Å². The van der Waals surface area contributed by atoms with Crippen molar-refractivity contribution in [3.8, 4) is 12.3 Å². The first-order valence-corrected chi connectivity index (χ1v) is 5.47. The van der Waals surface area contributed by atoms with Crippen LogP contribution in [0.2, 0.25) is 0 Å². The van der Waals surface area contributed by atoms with E-state index in [1.54, 1.807) is 17.9 Å². The quantitative estimate of drug-likeness (QED) is 0.593. The van der Waals surface area contributed by atoms with Crippen LogP contribution in [0.3, 0.4) is 0 Å². The number of terminal acetylenes is 1. The van der Waals surface area contributed by atoms with Crippen molar-refractivity contribution in [3.05, 3.63) is 18.0 Å². The second-order valence-electron chi connectivity index (χ2n) is 5.07. The zero-order chi connectivity index (χ0) is 13.1. The molecule has 0 radical (unpaired) electrons. The first kappa shape index (κ1) is 13.3. The van der Waals surface area contributed by atoms with Gasteiger partial charge in [0.1, 0.15) is 6.10 Å². The van der Waals surface area contributed by atoms with Gasteiger partial charge in [0.05, 0.1) is 11.8 Å². The number of nitrogens with zero attached hydrogens (tertiary/aromatic N) is 2. The lowest BCUT2D eigenvalue weighted by atomic mass is 9.87. The molecular formula is C13H18N2O2. The first-order chi connectivity index (χ1) is 7.84. The van der Waals surface area contributed by atoms with Crippen LogP contribution in [0.15, 0.2) is 12.4 Å². The van der Waals surface area contributed by atoms with Crippen LogP contribution in [0.25, 0.3) is 0 Å². The zero-order valence-electron chi connectivity index (χ0n) is 10.7. The fourth-order valence-electron chi connectivity index (χ4n) is 1.36. The summed E-state index contributed by atoms with van der Waals surface area (Å²) in [6.45, 7) is 5.97. The fraction of sp³-hybridized carbons (Fsp3) is 0.538. The molecule has 0 N–H and O–H groups in total. The average Bonchev–Trinajstić information content (AvgIpc) is 2.62. The van der Waals surface area contributed by atoms with Gasteiger partial charge in [0.15, 0.2) is 0 Å². The van der Waals surface area contributed by atoms with E-state index in [1.165, 1.54) is 6.20 Å². The Hall–Kier alpha value is -1.76. The standard InChI is InChI=1S/C13H18N2O2/c1-6-7-11(13(2,3)4)17-12(16)10-8-14-15(5)9-10/h1,8-9,11H,7H2,2-5H3/t11-/m1/s1. The molecule has 0 aromatic carbocycles. The number of ether oxygens (including phenoxy) is 1. The summed E-state index contributed by atoms with van der Waals surface area (Å²) in [4.78, 5) is 11.8. The number of rotatable bonds is 3. The maximum atomic E-state index is 11.8. The molecule has 0 saturated carbocycles. The Labute approximate surface area is 102 Å². The highest BCUT2D eigenvalue weighted by Gasteiger charge is 2.28. The molecule has 92 valence electrons. The van der Waals surface area contributed by atoms with Gasteiger partial charge in [-0.1, -0.05) is 20.8 Å². The minimum Gasteiger partial charge on any atom is -0.457 e. The van der Waals surface area contributed by atoms with Crippen LogP contribution in [0.4, 0.5) is 0 Å². The van der Waals surface area contributed by atoms with Crippen molar-refractivity contribution in [2.75, 3.05) is 0 Å². The van der Waals surface area contributed by atoms with E-state index in [9.17, 15) is 4.79 Å². The van der Waals surface area contributed by atoms with Crippen molar-refractivity contribution < 1.29 is 9.53 Å². The SMILES string of the molecule is C#CC[C@@H](OC(=O)c1cnn(C)c1)C(C)(C)C. The topological polar surface area (TPSA) is 44.1 Å². The van der Waals surface area contributed by atoms with Crippen molar-refractivity contribution in [3.63, 3.8) is 0 Å². The van der Waals surface area contributed by atoms with E-state index >= 15 is 0 Å². The molecule has 4 heteroatoms. The Morgan fingerprint density at radius 1 is 1.65 bits per heavy atom. The Kier molecular flexibility index (Phi) is 3.95. The highest BCUT2D eigenvalue weighted by Crippen LogP contribution is 2.25. The Morgan fingerprint density at radius 2 is 2.29 bits per heavy atom. The molecule has 0 unspecified atom stereocenters. The monoisotopic (exact) mass is 234 g/mol. The summed E-state index contributed by atoms with van der Waals surface area (Å²) in [5.41, 5.74) is 0.267. The van der Waals surface area contributed by atoms with E-state index in [4.69, 9.17) is 11.2 Å². The van der Waals surface area contributed by atoms with Gasteiger partial charge in [0.2, 0.25) is 0 Å². The Balaban J connectivity index is 2.75. The van der Waals surface area contributed by atoms with E-state index < -0.39 is 0 Å². The number of carbonyl (C=O) groups excluding carboxylic acids is 1. The lowest BCUT2D eigenvalue weighted by Crippen LogP contribution is -2.31. The molecule has 0 saturated heterocycles. The van der Waals surface area contributed by atoms with Crippen molar-refractivity contribution >= 4 is 5.97 Å².